The predicted octanol–water partition coefficient (Wildman–Crippen LogP) is 3.13. The van der Waals surface area contributed by atoms with Crippen LogP contribution < -0.4 is 10.1 Å². The van der Waals surface area contributed by atoms with Crippen molar-refractivity contribution < 1.29 is 14.6 Å². The van der Waals surface area contributed by atoms with Crippen molar-refractivity contribution in [2.24, 2.45) is 0 Å². The number of aliphatic hydroxyl groups excluding tert-OH is 1. The zero-order valence-electron chi connectivity index (χ0n) is 14.3. The minimum absolute atomic E-state index is 0.152. The van der Waals surface area contributed by atoms with E-state index in [1.807, 2.05) is 42.7 Å². The van der Waals surface area contributed by atoms with Gasteiger partial charge in [0.2, 0.25) is 5.91 Å². The Hall–Kier alpha value is -2.86. The maximum Gasteiger partial charge on any atom is 0.247 e. The average Bonchev–Trinajstić information content (AvgIpc) is 3.06. The molecule has 0 aliphatic rings. The average molecular weight is 339 g/mol. The van der Waals surface area contributed by atoms with Gasteiger partial charge in [-0.15, -0.1) is 0 Å². The van der Waals surface area contributed by atoms with Crippen LogP contribution in [-0.4, -0.2) is 27.2 Å². The van der Waals surface area contributed by atoms with Crippen molar-refractivity contribution in [1.82, 2.24) is 9.55 Å². The zero-order chi connectivity index (χ0) is 17.8. The summed E-state index contributed by atoms with van der Waals surface area (Å²) in [6.45, 7) is 4.07. The Morgan fingerprint density at radius 3 is 2.88 bits per heavy atom. The molecule has 130 valence electrons. The molecule has 0 aliphatic carbocycles. The molecule has 0 saturated heterocycles. The van der Waals surface area contributed by atoms with E-state index in [-0.39, 0.29) is 12.5 Å². The lowest BCUT2D eigenvalue weighted by atomic mass is 10.1. The predicted molar refractivity (Wildman–Crippen MR) is 96.6 cm³/mol. The van der Waals surface area contributed by atoms with Crippen LogP contribution >= 0.6 is 0 Å². The van der Waals surface area contributed by atoms with Crippen LogP contribution in [0.15, 0.2) is 48.8 Å². The molecule has 0 saturated carbocycles. The molecule has 1 atom stereocenters. The molecule has 3 aromatic rings. The summed E-state index contributed by atoms with van der Waals surface area (Å²) in [5, 5.41) is 12.4. The van der Waals surface area contributed by atoms with E-state index in [9.17, 15) is 9.90 Å². The van der Waals surface area contributed by atoms with Crippen molar-refractivity contribution in [3.05, 3.63) is 54.4 Å². The number of rotatable bonds is 6. The Bertz CT molecular complexity index is 889. The fraction of sp³-hybridized carbons (Fsp3) is 0.263. The summed E-state index contributed by atoms with van der Waals surface area (Å²) in [5.74, 6) is 0.466. The number of carbonyl (C=O) groups excluding carboxylic acids is 1. The summed E-state index contributed by atoms with van der Waals surface area (Å²) in [4.78, 5) is 16.9. The monoisotopic (exact) mass is 339 g/mol. The molecule has 2 aromatic carbocycles. The standard InChI is InChI=1S/C19H21N3O3/c1-3-25-18-9-8-15(10-14(18)11-23)21-19(24)13(2)22-12-20-16-6-4-5-7-17(16)22/h4-10,12-13,23H,3,11H2,1-2H3,(H,21,24). The fourth-order valence-electron chi connectivity index (χ4n) is 2.74. The third-order valence-corrected chi connectivity index (χ3v) is 4.08. The van der Waals surface area contributed by atoms with Crippen LogP contribution in [0.2, 0.25) is 0 Å². The second-order valence-electron chi connectivity index (χ2n) is 5.72. The van der Waals surface area contributed by atoms with E-state index in [1.54, 1.807) is 24.5 Å². The Morgan fingerprint density at radius 2 is 2.12 bits per heavy atom. The number of carbonyl (C=O) groups is 1. The van der Waals surface area contributed by atoms with Crippen LogP contribution in [0.25, 0.3) is 11.0 Å². The SMILES string of the molecule is CCOc1ccc(NC(=O)C(C)n2cnc3ccccc32)cc1CO. The Balaban J connectivity index is 1.79. The molecule has 0 spiro atoms. The summed E-state index contributed by atoms with van der Waals surface area (Å²) in [5.41, 5.74) is 3.02. The third-order valence-electron chi connectivity index (χ3n) is 4.08. The number of aromatic nitrogens is 2. The van der Waals surface area contributed by atoms with Crippen LogP contribution in [0.1, 0.15) is 25.5 Å². The van der Waals surface area contributed by atoms with Gasteiger partial charge >= 0.3 is 0 Å². The Labute approximate surface area is 146 Å². The second kappa shape index (κ2) is 7.36. The van der Waals surface area contributed by atoms with Gasteiger partial charge in [-0.25, -0.2) is 4.98 Å². The molecule has 0 bridgehead atoms. The number of aliphatic hydroxyl groups is 1. The number of benzene rings is 2. The van der Waals surface area contributed by atoms with Gasteiger partial charge in [0.25, 0.3) is 0 Å². The van der Waals surface area contributed by atoms with Gasteiger partial charge in [0.15, 0.2) is 0 Å². The van der Waals surface area contributed by atoms with Gasteiger partial charge < -0.3 is 19.7 Å². The van der Waals surface area contributed by atoms with E-state index >= 15 is 0 Å². The number of amides is 1. The number of fused-ring (bicyclic) bond motifs is 1. The highest BCUT2D eigenvalue weighted by Crippen LogP contribution is 2.24. The molecule has 1 aromatic heterocycles. The van der Waals surface area contributed by atoms with Gasteiger partial charge in [0, 0.05) is 11.3 Å². The lowest BCUT2D eigenvalue weighted by Crippen LogP contribution is -2.23. The third kappa shape index (κ3) is 3.49. The zero-order valence-corrected chi connectivity index (χ0v) is 14.3. The van der Waals surface area contributed by atoms with E-state index < -0.39 is 6.04 Å². The molecule has 0 fully saturated rings. The van der Waals surface area contributed by atoms with E-state index in [4.69, 9.17) is 4.74 Å². The van der Waals surface area contributed by atoms with Crippen molar-refractivity contribution in [2.75, 3.05) is 11.9 Å². The van der Waals surface area contributed by atoms with E-state index in [2.05, 4.69) is 10.3 Å². The van der Waals surface area contributed by atoms with Gasteiger partial charge in [-0.2, -0.15) is 0 Å². The van der Waals surface area contributed by atoms with Crippen LogP contribution in [-0.2, 0) is 11.4 Å². The topological polar surface area (TPSA) is 76.4 Å². The van der Waals surface area contributed by atoms with Gasteiger partial charge in [-0.3, -0.25) is 4.79 Å². The number of hydrogen-bond acceptors (Lipinski definition) is 4. The summed E-state index contributed by atoms with van der Waals surface area (Å²) in [6.07, 6.45) is 1.67. The summed E-state index contributed by atoms with van der Waals surface area (Å²) < 4.78 is 7.30. The minimum atomic E-state index is -0.420. The molecular weight excluding hydrogens is 318 g/mol. The van der Waals surface area contributed by atoms with Crippen molar-refractivity contribution in [2.45, 2.75) is 26.5 Å². The highest BCUT2D eigenvalue weighted by atomic mass is 16.5. The molecule has 0 aliphatic heterocycles. The maximum absolute atomic E-state index is 12.6. The Morgan fingerprint density at radius 1 is 1.32 bits per heavy atom. The molecule has 25 heavy (non-hydrogen) atoms. The normalized spacial score (nSPS) is 12.1. The van der Waals surface area contributed by atoms with E-state index in [1.165, 1.54) is 0 Å². The van der Waals surface area contributed by atoms with Gasteiger partial charge in [-0.1, -0.05) is 12.1 Å². The van der Waals surface area contributed by atoms with Gasteiger partial charge in [0.05, 0.1) is 30.6 Å². The number of hydrogen-bond donors (Lipinski definition) is 2. The van der Waals surface area contributed by atoms with Crippen LogP contribution in [0.4, 0.5) is 5.69 Å². The molecule has 0 radical (unpaired) electrons. The highest BCUT2D eigenvalue weighted by molar-refractivity contribution is 5.94. The first-order chi connectivity index (χ1) is 12.1. The first kappa shape index (κ1) is 17.0. The highest BCUT2D eigenvalue weighted by Gasteiger charge is 2.17. The van der Waals surface area contributed by atoms with Gasteiger partial charge in [0.1, 0.15) is 11.8 Å². The van der Waals surface area contributed by atoms with Crippen molar-refractivity contribution >= 4 is 22.6 Å². The smallest absolute Gasteiger partial charge is 0.247 e. The first-order valence-electron chi connectivity index (χ1n) is 8.23. The molecule has 6 heteroatoms. The molecular formula is C19H21N3O3. The van der Waals surface area contributed by atoms with Crippen molar-refractivity contribution in [3.63, 3.8) is 0 Å². The van der Waals surface area contributed by atoms with Gasteiger partial charge in [-0.05, 0) is 44.2 Å². The number of anilines is 1. The summed E-state index contributed by atoms with van der Waals surface area (Å²) in [7, 11) is 0. The van der Waals surface area contributed by atoms with Crippen LogP contribution in [0.5, 0.6) is 5.75 Å². The van der Waals surface area contributed by atoms with Crippen LogP contribution in [0, 0.1) is 0 Å². The largest absolute Gasteiger partial charge is 0.494 e. The molecule has 1 unspecified atom stereocenters. The minimum Gasteiger partial charge on any atom is -0.494 e. The molecule has 6 nitrogen and oxygen atoms in total. The maximum atomic E-state index is 12.6. The van der Waals surface area contributed by atoms with Crippen molar-refractivity contribution in [3.8, 4) is 5.75 Å². The van der Waals surface area contributed by atoms with E-state index in [0.29, 0.717) is 23.6 Å². The number of nitrogens with zero attached hydrogens (tertiary/aromatic N) is 2. The second-order valence-corrected chi connectivity index (χ2v) is 5.72. The van der Waals surface area contributed by atoms with E-state index in [0.717, 1.165) is 11.0 Å². The van der Waals surface area contributed by atoms with Crippen molar-refractivity contribution in [1.29, 1.82) is 0 Å². The number of para-hydroxylation sites is 2. The molecule has 1 heterocycles. The fourth-order valence-corrected chi connectivity index (χ4v) is 2.74. The molecule has 2 N–H and O–H groups in total. The number of nitrogens with one attached hydrogen (secondary N) is 1. The quantitative estimate of drug-likeness (QED) is 0.723. The summed E-state index contributed by atoms with van der Waals surface area (Å²) >= 11 is 0. The molecule has 3 rings (SSSR count). The van der Waals surface area contributed by atoms with Crippen LogP contribution in [0.3, 0.4) is 0 Å². The number of ether oxygens (including phenoxy) is 1. The first-order valence-corrected chi connectivity index (χ1v) is 8.23. The molecule has 1 amide bonds. The lowest BCUT2D eigenvalue weighted by Gasteiger charge is -2.16. The number of imidazole rings is 1. The Kier molecular flexibility index (Phi) is 5.00. The lowest BCUT2D eigenvalue weighted by molar-refractivity contribution is -0.118. The summed E-state index contributed by atoms with van der Waals surface area (Å²) in [6, 6.07) is 12.5.